The molecule has 0 aliphatic carbocycles. The molecule has 0 bridgehead atoms. The molecule has 2 heteroatoms. The van der Waals surface area contributed by atoms with Gasteiger partial charge in [-0.2, -0.15) is 0 Å². The molecule has 2 N–H and O–H groups in total. The summed E-state index contributed by atoms with van der Waals surface area (Å²) < 4.78 is 0. The van der Waals surface area contributed by atoms with Gasteiger partial charge in [-0.25, -0.2) is 0 Å². The molecular weight excluding hydrogens is 274 g/mol. The fourth-order valence-corrected chi connectivity index (χ4v) is 3.37. The SMILES string of the molecule is CC(C)(C)c1ccc(C(N)c2ccc(C(C)(C)C)s2)cc1. The van der Waals surface area contributed by atoms with Crippen LogP contribution in [0.5, 0.6) is 0 Å². The van der Waals surface area contributed by atoms with Crippen LogP contribution in [0.3, 0.4) is 0 Å². The van der Waals surface area contributed by atoms with E-state index in [0.29, 0.717) is 0 Å². The summed E-state index contributed by atoms with van der Waals surface area (Å²) in [7, 11) is 0. The summed E-state index contributed by atoms with van der Waals surface area (Å²) in [5, 5.41) is 0. The van der Waals surface area contributed by atoms with E-state index < -0.39 is 0 Å². The molecular formula is C19H27NS. The Kier molecular flexibility index (Phi) is 4.32. The van der Waals surface area contributed by atoms with Crippen molar-refractivity contribution < 1.29 is 0 Å². The fraction of sp³-hybridized carbons (Fsp3) is 0.474. The van der Waals surface area contributed by atoms with Crippen LogP contribution < -0.4 is 5.73 Å². The van der Waals surface area contributed by atoms with Crippen molar-refractivity contribution in [2.24, 2.45) is 5.73 Å². The van der Waals surface area contributed by atoms with Gasteiger partial charge in [0.2, 0.25) is 0 Å². The predicted molar refractivity (Wildman–Crippen MR) is 94.2 cm³/mol. The molecule has 0 radical (unpaired) electrons. The highest BCUT2D eigenvalue weighted by molar-refractivity contribution is 7.12. The van der Waals surface area contributed by atoms with Crippen LogP contribution in [0.2, 0.25) is 0 Å². The Labute approximate surface area is 133 Å². The lowest BCUT2D eigenvalue weighted by atomic mass is 9.86. The van der Waals surface area contributed by atoms with Crippen LogP contribution in [0.4, 0.5) is 0 Å². The Balaban J connectivity index is 2.24. The Hall–Kier alpha value is -1.12. The van der Waals surface area contributed by atoms with Gasteiger partial charge in [0, 0.05) is 9.75 Å². The average molecular weight is 301 g/mol. The van der Waals surface area contributed by atoms with E-state index in [2.05, 4.69) is 77.9 Å². The van der Waals surface area contributed by atoms with Crippen LogP contribution in [-0.2, 0) is 10.8 Å². The van der Waals surface area contributed by atoms with E-state index in [-0.39, 0.29) is 16.9 Å². The molecule has 2 aromatic rings. The van der Waals surface area contributed by atoms with Gasteiger partial charge >= 0.3 is 0 Å². The molecule has 0 fully saturated rings. The molecule has 114 valence electrons. The lowest BCUT2D eigenvalue weighted by Crippen LogP contribution is -2.13. The predicted octanol–water partition coefficient (Wildman–Crippen LogP) is 5.39. The van der Waals surface area contributed by atoms with Crippen molar-refractivity contribution in [1.82, 2.24) is 0 Å². The molecule has 1 aromatic heterocycles. The van der Waals surface area contributed by atoms with Crippen molar-refractivity contribution in [1.29, 1.82) is 0 Å². The second kappa shape index (κ2) is 5.58. The zero-order valence-corrected chi connectivity index (χ0v) is 14.8. The standard InChI is InChI=1S/C19H27NS/c1-18(2,3)14-9-7-13(8-10-14)17(20)15-11-12-16(21-15)19(4,5)6/h7-12,17H,20H2,1-6H3. The van der Waals surface area contributed by atoms with Gasteiger partial charge in [0.25, 0.3) is 0 Å². The lowest BCUT2D eigenvalue weighted by molar-refractivity contribution is 0.590. The van der Waals surface area contributed by atoms with E-state index in [1.807, 2.05) is 11.3 Å². The van der Waals surface area contributed by atoms with Crippen molar-refractivity contribution >= 4 is 11.3 Å². The van der Waals surface area contributed by atoms with Crippen molar-refractivity contribution in [2.75, 3.05) is 0 Å². The minimum atomic E-state index is -0.0277. The third-order valence-corrected chi connectivity index (χ3v) is 5.40. The van der Waals surface area contributed by atoms with Gasteiger partial charge < -0.3 is 5.73 Å². The first-order valence-electron chi connectivity index (χ1n) is 7.55. The normalized spacial score (nSPS) is 14.2. The third-order valence-electron chi connectivity index (χ3n) is 3.81. The van der Waals surface area contributed by atoms with Gasteiger partial charge in [0.15, 0.2) is 0 Å². The summed E-state index contributed by atoms with van der Waals surface area (Å²) in [5.41, 5.74) is 9.35. The largest absolute Gasteiger partial charge is 0.320 e. The van der Waals surface area contributed by atoms with Gasteiger partial charge in [-0.15, -0.1) is 11.3 Å². The maximum absolute atomic E-state index is 6.44. The van der Waals surface area contributed by atoms with Crippen LogP contribution in [0.25, 0.3) is 0 Å². The molecule has 0 aliphatic rings. The smallest absolute Gasteiger partial charge is 0.0646 e. The van der Waals surface area contributed by atoms with Crippen LogP contribution in [-0.4, -0.2) is 0 Å². The third kappa shape index (κ3) is 3.75. The Morgan fingerprint density at radius 2 is 1.38 bits per heavy atom. The first-order valence-corrected chi connectivity index (χ1v) is 8.37. The Morgan fingerprint density at radius 3 is 1.81 bits per heavy atom. The van der Waals surface area contributed by atoms with Gasteiger partial charge in [-0.3, -0.25) is 0 Å². The number of thiophene rings is 1. The van der Waals surface area contributed by atoms with Crippen molar-refractivity contribution in [3.63, 3.8) is 0 Å². The molecule has 1 nitrogen and oxygen atoms in total. The van der Waals surface area contributed by atoms with Gasteiger partial charge in [0.05, 0.1) is 6.04 Å². The average Bonchev–Trinajstić information content (AvgIpc) is 2.86. The monoisotopic (exact) mass is 301 g/mol. The topological polar surface area (TPSA) is 26.0 Å². The van der Waals surface area contributed by atoms with Crippen molar-refractivity contribution in [3.05, 3.63) is 57.3 Å². The van der Waals surface area contributed by atoms with E-state index >= 15 is 0 Å². The van der Waals surface area contributed by atoms with Gasteiger partial charge in [-0.05, 0) is 34.1 Å². The maximum atomic E-state index is 6.44. The highest BCUT2D eigenvalue weighted by Crippen LogP contribution is 2.34. The zero-order chi connectivity index (χ0) is 15.8. The quantitative estimate of drug-likeness (QED) is 0.790. The van der Waals surface area contributed by atoms with E-state index in [4.69, 9.17) is 5.73 Å². The molecule has 0 saturated heterocycles. The maximum Gasteiger partial charge on any atom is 0.0646 e. The van der Waals surface area contributed by atoms with Gasteiger partial charge in [0.1, 0.15) is 0 Å². The van der Waals surface area contributed by atoms with Crippen LogP contribution >= 0.6 is 11.3 Å². The van der Waals surface area contributed by atoms with Crippen LogP contribution in [0.15, 0.2) is 36.4 Å². The Morgan fingerprint density at radius 1 is 0.810 bits per heavy atom. The van der Waals surface area contributed by atoms with Crippen LogP contribution in [0, 0.1) is 0 Å². The van der Waals surface area contributed by atoms with E-state index in [1.54, 1.807) is 0 Å². The zero-order valence-electron chi connectivity index (χ0n) is 14.0. The lowest BCUT2D eigenvalue weighted by Gasteiger charge is -2.20. The molecule has 0 spiro atoms. The minimum absolute atomic E-state index is 0.0277. The molecule has 1 aromatic carbocycles. The molecule has 2 rings (SSSR count). The first-order chi connectivity index (χ1) is 9.59. The summed E-state index contributed by atoms with van der Waals surface area (Å²) in [5.74, 6) is 0. The highest BCUT2D eigenvalue weighted by Gasteiger charge is 2.19. The van der Waals surface area contributed by atoms with E-state index in [1.165, 1.54) is 20.9 Å². The molecule has 1 heterocycles. The molecule has 1 atom stereocenters. The molecule has 0 aliphatic heterocycles. The second-order valence-corrected chi connectivity index (χ2v) is 8.92. The Bertz CT molecular complexity index is 594. The molecule has 21 heavy (non-hydrogen) atoms. The minimum Gasteiger partial charge on any atom is -0.320 e. The van der Waals surface area contributed by atoms with Crippen molar-refractivity contribution in [2.45, 2.75) is 58.4 Å². The fourth-order valence-electron chi connectivity index (χ4n) is 2.28. The number of hydrogen-bond donors (Lipinski definition) is 1. The van der Waals surface area contributed by atoms with E-state index in [0.717, 1.165) is 0 Å². The van der Waals surface area contributed by atoms with Gasteiger partial charge in [-0.1, -0.05) is 65.8 Å². The summed E-state index contributed by atoms with van der Waals surface area (Å²) in [6.45, 7) is 13.4. The summed E-state index contributed by atoms with van der Waals surface area (Å²) >= 11 is 1.83. The number of benzene rings is 1. The highest BCUT2D eigenvalue weighted by atomic mass is 32.1. The van der Waals surface area contributed by atoms with Crippen LogP contribution in [0.1, 0.15) is 68.5 Å². The second-order valence-electron chi connectivity index (χ2n) is 7.80. The molecule has 0 saturated carbocycles. The summed E-state index contributed by atoms with van der Waals surface area (Å²) in [4.78, 5) is 2.63. The van der Waals surface area contributed by atoms with Crippen molar-refractivity contribution in [3.8, 4) is 0 Å². The summed E-state index contributed by atoms with van der Waals surface area (Å²) in [6, 6.07) is 13.1. The number of nitrogens with two attached hydrogens (primary N) is 1. The van der Waals surface area contributed by atoms with E-state index in [9.17, 15) is 0 Å². The number of rotatable bonds is 2. The summed E-state index contributed by atoms with van der Waals surface area (Å²) in [6.07, 6.45) is 0. The molecule has 1 unspecified atom stereocenters. The first kappa shape index (κ1) is 16.3. The number of hydrogen-bond acceptors (Lipinski definition) is 2. The molecule has 0 amide bonds.